The van der Waals surface area contributed by atoms with Crippen molar-refractivity contribution >= 4 is 17.1 Å². The number of ether oxygens (including phenoxy) is 1. The number of hydrogen-bond acceptors (Lipinski definition) is 4. The van der Waals surface area contributed by atoms with E-state index in [1.165, 1.54) is 0 Å². The zero-order valence-corrected chi connectivity index (χ0v) is 12.6. The van der Waals surface area contributed by atoms with E-state index < -0.39 is 0 Å². The van der Waals surface area contributed by atoms with Gasteiger partial charge >= 0.3 is 6.09 Å². The fourth-order valence-electron chi connectivity index (χ4n) is 2.51. The molecule has 1 aliphatic rings. The number of imidazole rings is 1. The molecule has 2 aromatic heterocycles. The van der Waals surface area contributed by atoms with Crippen molar-refractivity contribution in [2.45, 2.75) is 39.3 Å². The van der Waals surface area contributed by atoms with Crippen molar-refractivity contribution in [2.75, 3.05) is 13.1 Å². The second-order valence-electron chi connectivity index (χ2n) is 5.66. The topological polar surface area (TPSA) is 60.2 Å². The summed E-state index contributed by atoms with van der Waals surface area (Å²) in [5.74, 6) is 0. The largest absolute Gasteiger partial charge is 0.447 e. The first kappa shape index (κ1) is 13.9. The number of carbonyl (C=O) groups excluding carboxylic acids is 1. The van der Waals surface area contributed by atoms with E-state index in [9.17, 15) is 4.79 Å². The highest BCUT2D eigenvalue weighted by molar-refractivity contribution is 5.75. The van der Waals surface area contributed by atoms with Crippen LogP contribution in [-0.2, 0) is 11.2 Å². The van der Waals surface area contributed by atoms with Crippen molar-refractivity contribution in [3.8, 4) is 0 Å². The first-order chi connectivity index (χ1) is 10.1. The van der Waals surface area contributed by atoms with Gasteiger partial charge in [-0.05, 0) is 26.3 Å². The van der Waals surface area contributed by atoms with Gasteiger partial charge in [-0.25, -0.2) is 9.78 Å². The van der Waals surface area contributed by atoms with Gasteiger partial charge in [0.2, 0.25) is 0 Å². The van der Waals surface area contributed by atoms with Crippen LogP contribution in [0, 0.1) is 0 Å². The van der Waals surface area contributed by atoms with Crippen LogP contribution in [0.5, 0.6) is 0 Å². The van der Waals surface area contributed by atoms with Gasteiger partial charge in [0.05, 0.1) is 30.2 Å². The summed E-state index contributed by atoms with van der Waals surface area (Å²) in [6.45, 7) is 7.14. The van der Waals surface area contributed by atoms with Crippen molar-refractivity contribution < 1.29 is 9.53 Å². The number of carbonyl (C=O) groups is 1. The summed E-state index contributed by atoms with van der Waals surface area (Å²) in [5, 5.41) is 0. The van der Waals surface area contributed by atoms with Gasteiger partial charge in [0, 0.05) is 18.8 Å². The van der Waals surface area contributed by atoms with E-state index >= 15 is 0 Å². The molecule has 0 aliphatic carbocycles. The lowest BCUT2D eigenvalue weighted by Crippen LogP contribution is -2.51. The standard InChI is InChI=1S/C15H20N4O2/c1-4-11-5-14-13(6-16-11)17-9-19(14)12-7-18(8-12)15(20)21-10(2)3/h5-6,9-10,12H,4,7-8H2,1-3H3. The highest BCUT2D eigenvalue weighted by Crippen LogP contribution is 2.26. The van der Waals surface area contributed by atoms with Crippen LogP contribution in [-0.4, -0.2) is 44.7 Å². The molecule has 1 fully saturated rings. The normalized spacial score (nSPS) is 15.5. The molecule has 0 aromatic carbocycles. The minimum Gasteiger partial charge on any atom is -0.447 e. The maximum absolute atomic E-state index is 11.8. The van der Waals surface area contributed by atoms with E-state index in [1.807, 2.05) is 26.4 Å². The quantitative estimate of drug-likeness (QED) is 0.870. The minimum absolute atomic E-state index is 0.0798. The molecule has 0 unspecified atom stereocenters. The van der Waals surface area contributed by atoms with E-state index in [0.717, 1.165) is 23.1 Å². The van der Waals surface area contributed by atoms with Gasteiger partial charge in [0.1, 0.15) is 5.52 Å². The van der Waals surface area contributed by atoms with Crippen LogP contribution in [0.3, 0.4) is 0 Å². The number of nitrogens with zero attached hydrogens (tertiary/aromatic N) is 4. The summed E-state index contributed by atoms with van der Waals surface area (Å²) in [4.78, 5) is 22.2. The lowest BCUT2D eigenvalue weighted by molar-refractivity contribution is 0.0402. The average molecular weight is 288 g/mol. The Morgan fingerprint density at radius 2 is 2.19 bits per heavy atom. The number of aryl methyl sites for hydroxylation is 1. The third-order valence-corrected chi connectivity index (χ3v) is 3.73. The molecule has 0 spiro atoms. The van der Waals surface area contributed by atoms with Crippen LogP contribution >= 0.6 is 0 Å². The molecule has 21 heavy (non-hydrogen) atoms. The van der Waals surface area contributed by atoms with Gasteiger partial charge in [0.15, 0.2) is 0 Å². The number of hydrogen-bond donors (Lipinski definition) is 0. The highest BCUT2D eigenvalue weighted by Gasteiger charge is 2.34. The van der Waals surface area contributed by atoms with Crippen LogP contribution in [0.25, 0.3) is 11.0 Å². The molecule has 0 N–H and O–H groups in total. The molecule has 0 atom stereocenters. The third kappa shape index (κ3) is 2.57. The number of amides is 1. The molecular weight excluding hydrogens is 268 g/mol. The number of pyridine rings is 1. The molecule has 3 heterocycles. The molecule has 2 aromatic rings. The Morgan fingerprint density at radius 3 is 2.86 bits per heavy atom. The Bertz CT molecular complexity index is 659. The SMILES string of the molecule is CCc1cc2c(cn1)ncn2C1CN(C(=O)OC(C)C)C1. The zero-order valence-electron chi connectivity index (χ0n) is 12.6. The number of likely N-dealkylation sites (tertiary alicyclic amines) is 1. The Hall–Kier alpha value is -2.11. The first-order valence-electron chi connectivity index (χ1n) is 7.35. The average Bonchev–Trinajstić information content (AvgIpc) is 2.79. The Kier molecular flexibility index (Phi) is 3.53. The molecule has 112 valence electrons. The van der Waals surface area contributed by atoms with Gasteiger partial charge in [-0.3, -0.25) is 4.98 Å². The van der Waals surface area contributed by atoms with E-state index in [-0.39, 0.29) is 18.2 Å². The summed E-state index contributed by atoms with van der Waals surface area (Å²) in [5.41, 5.74) is 3.04. The van der Waals surface area contributed by atoms with E-state index in [0.29, 0.717) is 13.1 Å². The van der Waals surface area contributed by atoms with E-state index in [4.69, 9.17) is 4.74 Å². The van der Waals surface area contributed by atoms with Gasteiger partial charge in [-0.2, -0.15) is 0 Å². The van der Waals surface area contributed by atoms with Crippen molar-refractivity contribution in [3.63, 3.8) is 0 Å². The molecule has 1 amide bonds. The molecule has 1 aliphatic heterocycles. The highest BCUT2D eigenvalue weighted by atomic mass is 16.6. The van der Waals surface area contributed by atoms with E-state index in [2.05, 4.69) is 27.5 Å². The van der Waals surface area contributed by atoms with Crippen LogP contribution in [0.15, 0.2) is 18.6 Å². The second kappa shape index (κ2) is 5.35. The van der Waals surface area contributed by atoms with Crippen LogP contribution in [0.4, 0.5) is 4.79 Å². The number of fused-ring (bicyclic) bond motifs is 1. The summed E-state index contributed by atoms with van der Waals surface area (Å²) >= 11 is 0. The summed E-state index contributed by atoms with van der Waals surface area (Å²) in [7, 11) is 0. The van der Waals surface area contributed by atoms with Gasteiger partial charge in [0.25, 0.3) is 0 Å². The smallest absolute Gasteiger partial charge is 0.410 e. The van der Waals surface area contributed by atoms with Gasteiger partial charge in [-0.1, -0.05) is 6.92 Å². The van der Waals surface area contributed by atoms with Crippen molar-refractivity contribution in [1.82, 2.24) is 19.4 Å². The monoisotopic (exact) mass is 288 g/mol. The first-order valence-corrected chi connectivity index (χ1v) is 7.35. The molecule has 6 heteroatoms. The minimum atomic E-state index is -0.235. The summed E-state index contributed by atoms with van der Waals surface area (Å²) in [6.07, 6.45) is 4.24. The predicted octanol–water partition coefficient (Wildman–Crippen LogP) is 2.40. The fraction of sp³-hybridized carbons (Fsp3) is 0.533. The molecule has 0 bridgehead atoms. The van der Waals surface area contributed by atoms with E-state index in [1.54, 1.807) is 4.90 Å². The van der Waals surface area contributed by atoms with Crippen molar-refractivity contribution in [2.24, 2.45) is 0 Å². The van der Waals surface area contributed by atoms with Crippen LogP contribution in [0.2, 0.25) is 0 Å². The van der Waals surface area contributed by atoms with Crippen LogP contribution < -0.4 is 0 Å². The molecule has 0 radical (unpaired) electrons. The fourth-order valence-corrected chi connectivity index (χ4v) is 2.51. The summed E-state index contributed by atoms with van der Waals surface area (Å²) < 4.78 is 7.33. The molecule has 1 saturated heterocycles. The maximum Gasteiger partial charge on any atom is 0.410 e. The predicted molar refractivity (Wildman–Crippen MR) is 79.1 cm³/mol. The number of rotatable bonds is 3. The molecule has 3 rings (SSSR count). The zero-order chi connectivity index (χ0) is 15.0. The Morgan fingerprint density at radius 1 is 1.43 bits per heavy atom. The molecular formula is C15H20N4O2. The van der Waals surface area contributed by atoms with Crippen molar-refractivity contribution in [3.05, 3.63) is 24.3 Å². The van der Waals surface area contributed by atoms with Crippen LogP contribution in [0.1, 0.15) is 32.5 Å². The Balaban J connectivity index is 1.73. The van der Waals surface area contributed by atoms with Gasteiger partial charge in [-0.15, -0.1) is 0 Å². The third-order valence-electron chi connectivity index (χ3n) is 3.73. The lowest BCUT2D eigenvalue weighted by atomic mass is 10.1. The summed E-state index contributed by atoms with van der Waals surface area (Å²) in [6, 6.07) is 2.35. The molecule has 6 nitrogen and oxygen atoms in total. The number of aromatic nitrogens is 3. The molecule has 0 saturated carbocycles. The second-order valence-corrected chi connectivity index (χ2v) is 5.66. The lowest BCUT2D eigenvalue weighted by Gasteiger charge is -2.39. The van der Waals surface area contributed by atoms with Crippen molar-refractivity contribution in [1.29, 1.82) is 0 Å². The Labute approximate surface area is 123 Å². The maximum atomic E-state index is 11.8. The van der Waals surface area contributed by atoms with Gasteiger partial charge < -0.3 is 14.2 Å².